The smallest absolute Gasteiger partial charge is 0.357 e. The van der Waals surface area contributed by atoms with E-state index in [0.717, 1.165) is 23.8 Å². The van der Waals surface area contributed by atoms with Crippen molar-refractivity contribution in [3.63, 3.8) is 0 Å². The van der Waals surface area contributed by atoms with Gasteiger partial charge in [-0.05, 0) is 31.5 Å². The number of alkyl halides is 3. The number of nitrogens with zero attached hydrogens (tertiary/aromatic N) is 3. The summed E-state index contributed by atoms with van der Waals surface area (Å²) in [6.45, 7) is 1.98. The van der Waals surface area contributed by atoms with Crippen molar-refractivity contribution < 1.29 is 30.9 Å². The Kier molecular flexibility index (Phi) is 5.69. The van der Waals surface area contributed by atoms with Gasteiger partial charge in [-0.2, -0.15) is 22.4 Å². The number of rotatable bonds is 3. The third-order valence-corrected chi connectivity index (χ3v) is 6.60. The van der Waals surface area contributed by atoms with Crippen molar-refractivity contribution >= 4 is 11.0 Å². The molecule has 0 aliphatic carbocycles. The first-order valence-electron chi connectivity index (χ1n) is 9.55. The van der Waals surface area contributed by atoms with Crippen LogP contribution in [0.3, 0.4) is 0 Å². The lowest BCUT2D eigenvalue weighted by Crippen LogP contribution is -2.58. The number of fused-ring (bicyclic) bond motifs is 1. The quantitative estimate of drug-likeness (QED) is 0.708. The summed E-state index contributed by atoms with van der Waals surface area (Å²) >= 11 is 0. The molecule has 2 N–H and O–H groups in total. The van der Waals surface area contributed by atoms with Crippen LogP contribution in [0.15, 0.2) is 18.2 Å². The second kappa shape index (κ2) is 7.91. The third-order valence-electron chi connectivity index (χ3n) is 5.82. The van der Waals surface area contributed by atoms with Crippen molar-refractivity contribution in [3.05, 3.63) is 52.3 Å². The standard InChI is InChI=1S/C19H21F5N4O2S/c1-9-12-7-27(8-16(12)28(26-9)31(2)29)15-6-14(25)17(30-18(15)19(22,23)24)11-5-10(20)3-4-13(11)21/h3-5,14-15,17-18H,6-8,25H2,1-2H3/t14-,15+,17+,18+,31?/m0/s1. The van der Waals surface area contributed by atoms with Crippen LogP contribution in [0.2, 0.25) is 0 Å². The molecule has 0 bridgehead atoms. The van der Waals surface area contributed by atoms with Gasteiger partial charge in [0.15, 0.2) is 6.10 Å². The molecule has 1 aromatic carbocycles. The average molecular weight is 464 g/mol. The monoisotopic (exact) mass is 464 g/mol. The van der Waals surface area contributed by atoms with Crippen molar-refractivity contribution in [2.24, 2.45) is 5.73 Å². The molecule has 1 unspecified atom stereocenters. The fraction of sp³-hybridized carbons (Fsp3) is 0.526. The molecule has 2 aromatic rings. The van der Waals surface area contributed by atoms with Gasteiger partial charge in [0.2, 0.25) is 0 Å². The molecule has 0 amide bonds. The largest absolute Gasteiger partial charge is 0.416 e. The van der Waals surface area contributed by atoms with Crippen LogP contribution in [0.25, 0.3) is 0 Å². The van der Waals surface area contributed by atoms with E-state index in [4.69, 9.17) is 10.5 Å². The highest BCUT2D eigenvalue weighted by molar-refractivity contribution is 7.82. The van der Waals surface area contributed by atoms with Crippen LogP contribution in [0.5, 0.6) is 0 Å². The molecule has 0 radical (unpaired) electrons. The molecular weight excluding hydrogens is 443 g/mol. The van der Waals surface area contributed by atoms with Crippen molar-refractivity contribution in [2.45, 2.75) is 56.9 Å². The maximum Gasteiger partial charge on any atom is 0.416 e. The molecular formula is C19H21F5N4O2S. The Hall–Kier alpha value is -1.89. The number of nitrogens with two attached hydrogens (primary N) is 1. The lowest BCUT2D eigenvalue weighted by molar-refractivity contribution is -0.269. The number of hydrogen-bond donors (Lipinski definition) is 1. The van der Waals surface area contributed by atoms with E-state index in [1.807, 2.05) is 0 Å². The minimum absolute atomic E-state index is 0.0993. The normalized spacial score (nSPS) is 28.0. The van der Waals surface area contributed by atoms with Crippen molar-refractivity contribution in [3.8, 4) is 0 Å². The highest BCUT2D eigenvalue weighted by Crippen LogP contribution is 2.42. The van der Waals surface area contributed by atoms with E-state index in [9.17, 15) is 26.2 Å². The summed E-state index contributed by atoms with van der Waals surface area (Å²) < 4.78 is 88.3. The zero-order valence-electron chi connectivity index (χ0n) is 16.7. The summed E-state index contributed by atoms with van der Waals surface area (Å²) in [5.41, 5.74) is 7.68. The summed E-state index contributed by atoms with van der Waals surface area (Å²) in [5.74, 6) is -1.67. The first-order chi connectivity index (χ1) is 14.5. The minimum Gasteiger partial charge on any atom is -0.357 e. The van der Waals surface area contributed by atoms with Crippen molar-refractivity contribution in [1.29, 1.82) is 0 Å². The SMILES string of the molecule is Cc1nn(S(C)=O)c2c1CN([C@@H]1C[C@H](N)[C@@H](c3cc(F)ccc3F)O[C@H]1C(F)(F)F)C2. The Balaban J connectivity index is 1.64. The zero-order valence-corrected chi connectivity index (χ0v) is 17.5. The average Bonchev–Trinajstić information content (AvgIpc) is 3.23. The Bertz CT molecular complexity index is 1030. The predicted octanol–water partition coefficient (Wildman–Crippen LogP) is 2.72. The number of benzene rings is 1. The van der Waals surface area contributed by atoms with Crippen LogP contribution >= 0.6 is 0 Å². The van der Waals surface area contributed by atoms with E-state index in [2.05, 4.69) is 5.10 Å². The van der Waals surface area contributed by atoms with Gasteiger partial charge >= 0.3 is 6.18 Å². The predicted molar refractivity (Wildman–Crippen MR) is 102 cm³/mol. The molecule has 2 aliphatic rings. The molecule has 4 rings (SSSR count). The van der Waals surface area contributed by atoms with Crippen LogP contribution < -0.4 is 5.73 Å². The lowest BCUT2D eigenvalue weighted by Gasteiger charge is -2.44. The van der Waals surface area contributed by atoms with Gasteiger partial charge in [0, 0.05) is 42.6 Å². The Labute approximate surface area is 177 Å². The fourth-order valence-electron chi connectivity index (χ4n) is 4.39. The molecule has 5 atom stereocenters. The maximum absolute atomic E-state index is 14.2. The molecule has 0 saturated carbocycles. The van der Waals surface area contributed by atoms with E-state index in [1.54, 1.807) is 11.8 Å². The van der Waals surface area contributed by atoms with Gasteiger partial charge in [0.25, 0.3) is 0 Å². The van der Waals surface area contributed by atoms with Crippen LogP contribution in [-0.2, 0) is 28.8 Å². The van der Waals surface area contributed by atoms with Gasteiger partial charge in [-0.3, -0.25) is 4.90 Å². The molecule has 12 heteroatoms. The Morgan fingerprint density at radius 3 is 2.61 bits per heavy atom. The van der Waals surface area contributed by atoms with E-state index in [1.165, 1.54) is 10.3 Å². The number of halogens is 5. The number of hydrogen-bond acceptors (Lipinski definition) is 5. The van der Waals surface area contributed by atoms with Crippen LogP contribution in [0, 0.1) is 18.6 Å². The highest BCUT2D eigenvalue weighted by Gasteiger charge is 2.54. The van der Waals surface area contributed by atoms with E-state index >= 15 is 0 Å². The highest BCUT2D eigenvalue weighted by atomic mass is 32.2. The number of aryl methyl sites for hydroxylation is 1. The summed E-state index contributed by atoms with van der Waals surface area (Å²) in [5, 5.41) is 4.20. The molecule has 2 aliphatic heterocycles. The van der Waals surface area contributed by atoms with Crippen LogP contribution in [-0.4, -0.2) is 48.9 Å². The summed E-state index contributed by atoms with van der Waals surface area (Å²) in [7, 11) is -1.45. The van der Waals surface area contributed by atoms with E-state index < -0.39 is 53.1 Å². The maximum atomic E-state index is 14.2. The third kappa shape index (κ3) is 4.01. The van der Waals surface area contributed by atoms with E-state index in [0.29, 0.717) is 11.4 Å². The molecule has 3 heterocycles. The Morgan fingerprint density at radius 2 is 1.97 bits per heavy atom. The second-order valence-corrected chi connectivity index (χ2v) is 9.06. The summed E-state index contributed by atoms with van der Waals surface area (Å²) in [4.78, 5) is 1.57. The van der Waals surface area contributed by atoms with Gasteiger partial charge in [0.1, 0.15) is 28.7 Å². The number of ether oxygens (including phenoxy) is 1. The molecule has 31 heavy (non-hydrogen) atoms. The summed E-state index contributed by atoms with van der Waals surface area (Å²) in [6, 6.07) is 0.400. The van der Waals surface area contributed by atoms with Crippen molar-refractivity contribution in [2.75, 3.05) is 6.26 Å². The van der Waals surface area contributed by atoms with Gasteiger partial charge in [-0.25, -0.2) is 13.0 Å². The molecule has 1 fully saturated rings. The van der Waals surface area contributed by atoms with Gasteiger partial charge < -0.3 is 10.5 Å². The molecule has 1 aromatic heterocycles. The first-order valence-corrected chi connectivity index (χ1v) is 11.1. The molecule has 0 spiro atoms. The minimum atomic E-state index is -4.75. The van der Waals surface area contributed by atoms with Gasteiger partial charge in [-0.1, -0.05) is 0 Å². The fourth-order valence-corrected chi connectivity index (χ4v) is 5.11. The number of aromatic nitrogens is 2. The van der Waals surface area contributed by atoms with Crippen LogP contribution in [0.1, 0.15) is 35.0 Å². The molecule has 6 nitrogen and oxygen atoms in total. The molecule has 170 valence electrons. The van der Waals surface area contributed by atoms with Crippen LogP contribution in [0.4, 0.5) is 22.0 Å². The Morgan fingerprint density at radius 1 is 1.26 bits per heavy atom. The van der Waals surface area contributed by atoms with Gasteiger partial charge in [-0.15, -0.1) is 0 Å². The van der Waals surface area contributed by atoms with E-state index in [-0.39, 0.29) is 25.1 Å². The zero-order chi connectivity index (χ0) is 22.7. The van der Waals surface area contributed by atoms with Crippen molar-refractivity contribution in [1.82, 2.24) is 14.1 Å². The topological polar surface area (TPSA) is 73.4 Å². The first kappa shape index (κ1) is 22.3. The summed E-state index contributed by atoms with van der Waals surface area (Å²) in [6.07, 6.45) is -7.15. The lowest BCUT2D eigenvalue weighted by atomic mass is 9.89. The second-order valence-electron chi connectivity index (χ2n) is 7.86. The molecule has 1 saturated heterocycles. The van der Waals surface area contributed by atoms with Gasteiger partial charge in [0.05, 0.1) is 11.4 Å².